The zero-order chi connectivity index (χ0) is 18.0. The van der Waals surface area contributed by atoms with Gasteiger partial charge in [-0.1, -0.05) is 0 Å². The predicted octanol–water partition coefficient (Wildman–Crippen LogP) is 2.42. The molecule has 0 aliphatic carbocycles. The van der Waals surface area contributed by atoms with Gasteiger partial charge in [0.25, 0.3) is 0 Å². The van der Waals surface area contributed by atoms with E-state index >= 15 is 0 Å². The second-order valence-electron chi connectivity index (χ2n) is 4.83. The van der Waals surface area contributed by atoms with Crippen molar-refractivity contribution in [3.05, 3.63) is 42.9 Å². The fourth-order valence-electron chi connectivity index (χ4n) is 1.95. The number of hydrogen-bond acceptors (Lipinski definition) is 7. The lowest BCUT2D eigenvalue weighted by Gasteiger charge is -2.05. The molecule has 2 heterocycles. The van der Waals surface area contributed by atoms with Crippen molar-refractivity contribution in [1.82, 2.24) is 24.7 Å². The second-order valence-corrected chi connectivity index (χ2v) is 7.79. The first-order chi connectivity index (χ1) is 11.9. The third-order valence-electron chi connectivity index (χ3n) is 3.22. The summed E-state index contributed by atoms with van der Waals surface area (Å²) in [5, 5.41) is 8.65. The van der Waals surface area contributed by atoms with Gasteiger partial charge >= 0.3 is 5.76 Å². The number of sulfone groups is 1. The lowest BCUT2D eigenvalue weighted by atomic mass is 10.4. The van der Waals surface area contributed by atoms with Crippen molar-refractivity contribution in [3.63, 3.8) is 0 Å². The van der Waals surface area contributed by atoms with Crippen molar-refractivity contribution in [2.24, 2.45) is 7.05 Å². The van der Waals surface area contributed by atoms with Crippen LogP contribution in [0.2, 0.25) is 0 Å². The van der Waals surface area contributed by atoms with E-state index in [-0.39, 0.29) is 0 Å². The maximum atomic E-state index is 12.5. The summed E-state index contributed by atoms with van der Waals surface area (Å²) in [6.07, 6.45) is 4.64. The molecule has 3 aromatic rings. The molecule has 0 atom stereocenters. The minimum atomic E-state index is -4.60. The van der Waals surface area contributed by atoms with Gasteiger partial charge in [0.05, 0.1) is 11.1 Å². The summed E-state index contributed by atoms with van der Waals surface area (Å²) >= 11 is 1.22. The van der Waals surface area contributed by atoms with Crippen LogP contribution < -0.4 is 0 Å². The lowest BCUT2D eigenvalue weighted by Crippen LogP contribution is -2.11. The third-order valence-corrected chi connectivity index (χ3v) is 5.67. The smallest absolute Gasteiger partial charge is 0.304 e. The number of rotatable bonds is 5. The Labute approximate surface area is 146 Å². The third kappa shape index (κ3) is 3.51. The highest BCUT2D eigenvalue weighted by molar-refractivity contribution is 7.99. The van der Waals surface area contributed by atoms with Crippen LogP contribution in [0.5, 0.6) is 0 Å². The summed E-state index contributed by atoms with van der Waals surface area (Å²) in [6, 6.07) is 5.17. The van der Waals surface area contributed by atoms with Crippen molar-refractivity contribution in [2.45, 2.75) is 20.7 Å². The topological polar surface area (TPSA) is 90.6 Å². The van der Waals surface area contributed by atoms with Crippen molar-refractivity contribution in [2.75, 3.05) is 0 Å². The molecule has 130 valence electrons. The van der Waals surface area contributed by atoms with Crippen LogP contribution in [0.1, 0.15) is 0 Å². The van der Waals surface area contributed by atoms with Crippen molar-refractivity contribution in [1.29, 1.82) is 0 Å². The maximum absolute atomic E-state index is 12.5. The molecule has 0 aliphatic rings. The molecule has 0 aliphatic heterocycles. The van der Waals surface area contributed by atoms with Gasteiger partial charge in [-0.05, 0) is 36.0 Å². The van der Waals surface area contributed by atoms with E-state index in [1.54, 1.807) is 30.2 Å². The van der Waals surface area contributed by atoms with Gasteiger partial charge in [0.15, 0.2) is 11.0 Å². The molecule has 0 saturated heterocycles. The lowest BCUT2D eigenvalue weighted by molar-refractivity contribution is 0.234. The van der Waals surface area contributed by atoms with E-state index in [1.165, 1.54) is 23.9 Å². The van der Waals surface area contributed by atoms with Gasteiger partial charge in [-0.25, -0.2) is 13.4 Å². The molecular formula is C14H11F2N5O2S2. The van der Waals surface area contributed by atoms with E-state index in [0.29, 0.717) is 21.6 Å². The van der Waals surface area contributed by atoms with Crippen LogP contribution in [-0.2, 0) is 16.9 Å². The Morgan fingerprint density at radius 3 is 2.44 bits per heavy atom. The normalized spacial score (nSPS) is 11.8. The van der Waals surface area contributed by atoms with Gasteiger partial charge in [0.1, 0.15) is 5.69 Å². The summed E-state index contributed by atoms with van der Waals surface area (Å²) in [7, 11) is -2.85. The Hall–Kier alpha value is -2.40. The molecule has 0 radical (unpaired) electrons. The molecule has 0 unspecified atom stereocenters. The molecule has 0 fully saturated rings. The standard InChI is InChI=1S/C14H11F2N5O2S2/c1-21-12(11-8-17-6-7-18-11)19-20-14(21)24-9-2-4-10(5-3-9)25(22,23)13(15)16/h2-8,13H,1H3. The van der Waals surface area contributed by atoms with Gasteiger partial charge in [-0.2, -0.15) is 8.78 Å². The van der Waals surface area contributed by atoms with Crippen LogP contribution in [0.4, 0.5) is 8.78 Å². The zero-order valence-corrected chi connectivity index (χ0v) is 14.4. The first-order valence-electron chi connectivity index (χ1n) is 6.85. The molecule has 0 N–H and O–H groups in total. The average Bonchev–Trinajstić information content (AvgIpc) is 2.97. The molecule has 1 aromatic carbocycles. The van der Waals surface area contributed by atoms with Crippen LogP contribution in [0.3, 0.4) is 0 Å². The van der Waals surface area contributed by atoms with Crippen LogP contribution in [0.15, 0.2) is 57.8 Å². The van der Waals surface area contributed by atoms with Crippen LogP contribution in [-0.4, -0.2) is 38.9 Å². The zero-order valence-electron chi connectivity index (χ0n) is 12.7. The summed E-state index contributed by atoms with van der Waals surface area (Å²) in [5.41, 5.74) is 0.558. The quantitative estimate of drug-likeness (QED) is 0.668. The number of benzene rings is 1. The second kappa shape index (κ2) is 6.84. The van der Waals surface area contributed by atoms with Crippen molar-refractivity contribution >= 4 is 21.6 Å². The summed E-state index contributed by atoms with van der Waals surface area (Å²) in [4.78, 5) is 8.33. The SMILES string of the molecule is Cn1c(Sc2ccc(S(=O)(=O)C(F)F)cc2)nnc1-c1cnccn1. The highest BCUT2D eigenvalue weighted by Crippen LogP contribution is 2.29. The van der Waals surface area contributed by atoms with Crippen molar-refractivity contribution in [3.8, 4) is 11.5 Å². The molecule has 0 saturated carbocycles. The fourth-order valence-corrected chi connectivity index (χ4v) is 3.46. The number of halogens is 2. The Bertz CT molecular complexity index is 976. The van der Waals surface area contributed by atoms with Gasteiger partial charge < -0.3 is 4.57 Å². The Morgan fingerprint density at radius 1 is 1.12 bits per heavy atom. The number of aromatic nitrogens is 5. The molecule has 7 nitrogen and oxygen atoms in total. The molecular weight excluding hydrogens is 372 g/mol. The van der Waals surface area contributed by atoms with Crippen LogP contribution >= 0.6 is 11.8 Å². The van der Waals surface area contributed by atoms with Gasteiger partial charge in [0.2, 0.25) is 9.84 Å². The van der Waals surface area contributed by atoms with Crippen LogP contribution in [0.25, 0.3) is 11.5 Å². The molecule has 0 bridgehead atoms. The number of alkyl halides is 2. The molecule has 3 rings (SSSR count). The maximum Gasteiger partial charge on any atom is 0.341 e. The van der Waals surface area contributed by atoms with Gasteiger partial charge in [0, 0.05) is 24.3 Å². The highest BCUT2D eigenvalue weighted by Gasteiger charge is 2.26. The molecule has 0 spiro atoms. The Morgan fingerprint density at radius 2 is 1.84 bits per heavy atom. The van der Waals surface area contributed by atoms with E-state index in [0.717, 1.165) is 12.1 Å². The van der Waals surface area contributed by atoms with E-state index in [4.69, 9.17) is 0 Å². The van der Waals surface area contributed by atoms with Gasteiger partial charge in [-0.15, -0.1) is 10.2 Å². The molecule has 2 aromatic heterocycles. The van der Waals surface area contributed by atoms with E-state index in [9.17, 15) is 17.2 Å². The first-order valence-corrected chi connectivity index (χ1v) is 9.21. The average molecular weight is 383 g/mol. The number of hydrogen-bond donors (Lipinski definition) is 0. The van der Waals surface area contributed by atoms with E-state index in [2.05, 4.69) is 20.2 Å². The Balaban J connectivity index is 1.83. The molecule has 25 heavy (non-hydrogen) atoms. The summed E-state index contributed by atoms with van der Waals surface area (Å²) in [6.45, 7) is 0. The van der Waals surface area contributed by atoms with E-state index in [1.807, 2.05) is 0 Å². The minimum absolute atomic E-state index is 0.426. The van der Waals surface area contributed by atoms with Crippen molar-refractivity contribution < 1.29 is 17.2 Å². The van der Waals surface area contributed by atoms with Crippen LogP contribution in [0, 0.1) is 0 Å². The van der Waals surface area contributed by atoms with E-state index < -0.39 is 20.5 Å². The minimum Gasteiger partial charge on any atom is -0.304 e. The monoisotopic (exact) mass is 383 g/mol. The Kier molecular flexibility index (Phi) is 4.77. The largest absolute Gasteiger partial charge is 0.341 e. The first kappa shape index (κ1) is 17.4. The van der Waals surface area contributed by atoms with Gasteiger partial charge in [-0.3, -0.25) is 4.98 Å². The predicted molar refractivity (Wildman–Crippen MR) is 85.8 cm³/mol. The molecule has 11 heteroatoms. The summed E-state index contributed by atoms with van der Waals surface area (Å²) in [5.74, 6) is -2.92. The fraction of sp³-hybridized carbons (Fsp3) is 0.143. The summed E-state index contributed by atoms with van der Waals surface area (Å²) < 4.78 is 49.6. The number of nitrogens with zero attached hydrogens (tertiary/aromatic N) is 5. The molecule has 0 amide bonds. The highest BCUT2D eigenvalue weighted by atomic mass is 32.2.